The molecule has 3 aliphatic rings. The lowest BCUT2D eigenvalue weighted by atomic mass is 9.86. The topological polar surface area (TPSA) is 12.0 Å². The van der Waals surface area contributed by atoms with E-state index in [0.717, 1.165) is 23.8 Å². The van der Waals surface area contributed by atoms with Gasteiger partial charge in [-0.05, 0) is 62.8 Å². The van der Waals surface area contributed by atoms with Crippen LogP contribution in [-0.4, -0.2) is 12.6 Å². The molecule has 0 saturated heterocycles. The minimum Gasteiger partial charge on any atom is -0.314 e. The normalized spacial score (nSPS) is 42.9. The zero-order chi connectivity index (χ0) is 8.67. The largest absolute Gasteiger partial charge is 0.314 e. The summed E-state index contributed by atoms with van der Waals surface area (Å²) in [5, 5.41) is 3.64. The van der Waals surface area contributed by atoms with Crippen LogP contribution in [0.15, 0.2) is 0 Å². The van der Waals surface area contributed by atoms with E-state index in [1.54, 1.807) is 25.7 Å². The Balaban J connectivity index is 1.40. The summed E-state index contributed by atoms with van der Waals surface area (Å²) in [4.78, 5) is 0. The quantitative estimate of drug-likeness (QED) is 0.699. The van der Waals surface area contributed by atoms with E-state index in [1.807, 2.05) is 0 Å². The molecule has 3 saturated carbocycles. The monoisotopic (exact) mass is 179 g/mol. The molecule has 3 aliphatic carbocycles. The smallest absolute Gasteiger partial charge is 0.00682 e. The summed E-state index contributed by atoms with van der Waals surface area (Å²) in [6.07, 6.45) is 10.6. The summed E-state index contributed by atoms with van der Waals surface area (Å²) >= 11 is 0. The molecule has 0 aliphatic heterocycles. The van der Waals surface area contributed by atoms with Gasteiger partial charge in [-0.3, -0.25) is 0 Å². The second kappa shape index (κ2) is 3.27. The molecule has 0 radical (unpaired) electrons. The van der Waals surface area contributed by atoms with Crippen molar-refractivity contribution in [2.24, 2.45) is 17.8 Å². The zero-order valence-corrected chi connectivity index (χ0v) is 8.47. The fraction of sp³-hybridized carbons (Fsp3) is 1.00. The summed E-state index contributed by atoms with van der Waals surface area (Å²) in [7, 11) is 0. The van der Waals surface area contributed by atoms with Crippen LogP contribution in [0.1, 0.15) is 44.9 Å². The second-order valence-electron chi connectivity index (χ2n) is 5.45. The Morgan fingerprint density at radius 2 is 1.92 bits per heavy atom. The lowest BCUT2D eigenvalue weighted by Crippen LogP contribution is -2.22. The van der Waals surface area contributed by atoms with E-state index >= 15 is 0 Å². The van der Waals surface area contributed by atoms with E-state index < -0.39 is 0 Å². The van der Waals surface area contributed by atoms with Crippen LogP contribution < -0.4 is 5.32 Å². The third kappa shape index (κ3) is 1.76. The van der Waals surface area contributed by atoms with Crippen LogP contribution in [0.2, 0.25) is 0 Å². The van der Waals surface area contributed by atoms with Crippen molar-refractivity contribution in [2.45, 2.75) is 51.0 Å². The number of rotatable bonds is 4. The molecule has 0 aromatic heterocycles. The molecule has 0 aromatic rings. The van der Waals surface area contributed by atoms with Crippen LogP contribution in [0.25, 0.3) is 0 Å². The standard InChI is InChI=1S/C12H21N/c1-2-10-7-9(1)8-11(10)5-6-13-12-3-4-12/h9-13H,1-8H2/t9-,10-,11+/m1/s1. The Kier molecular flexibility index (Phi) is 2.08. The van der Waals surface area contributed by atoms with Gasteiger partial charge >= 0.3 is 0 Å². The second-order valence-corrected chi connectivity index (χ2v) is 5.45. The minimum absolute atomic E-state index is 0.915. The fourth-order valence-electron chi connectivity index (χ4n) is 3.49. The van der Waals surface area contributed by atoms with Crippen LogP contribution in [0.5, 0.6) is 0 Å². The third-order valence-electron chi connectivity index (χ3n) is 4.41. The van der Waals surface area contributed by atoms with Crippen molar-refractivity contribution in [2.75, 3.05) is 6.54 Å². The summed E-state index contributed by atoms with van der Waals surface area (Å²) in [6, 6.07) is 0.915. The van der Waals surface area contributed by atoms with Crippen LogP contribution in [0.4, 0.5) is 0 Å². The first-order valence-corrected chi connectivity index (χ1v) is 6.15. The Hall–Kier alpha value is -0.0400. The lowest BCUT2D eigenvalue weighted by Gasteiger charge is -2.21. The van der Waals surface area contributed by atoms with Gasteiger partial charge in [0.25, 0.3) is 0 Å². The van der Waals surface area contributed by atoms with Crippen molar-refractivity contribution in [3.8, 4) is 0 Å². The van der Waals surface area contributed by atoms with Crippen molar-refractivity contribution in [3.63, 3.8) is 0 Å². The van der Waals surface area contributed by atoms with E-state index in [2.05, 4.69) is 5.32 Å². The SMILES string of the molecule is C(C[C@H]1C[C@@H]2CC[C@@H]1C2)NC1CC1. The van der Waals surface area contributed by atoms with Crippen LogP contribution >= 0.6 is 0 Å². The van der Waals surface area contributed by atoms with Gasteiger partial charge in [-0.1, -0.05) is 6.42 Å². The van der Waals surface area contributed by atoms with Gasteiger partial charge in [0, 0.05) is 6.04 Å². The average Bonchev–Trinajstić information content (AvgIpc) is 2.74. The summed E-state index contributed by atoms with van der Waals surface area (Å²) in [5.41, 5.74) is 0. The van der Waals surface area contributed by atoms with E-state index in [-0.39, 0.29) is 0 Å². The highest BCUT2D eigenvalue weighted by Gasteiger charge is 2.38. The highest BCUT2D eigenvalue weighted by atomic mass is 14.9. The van der Waals surface area contributed by atoms with Crippen molar-refractivity contribution in [1.29, 1.82) is 0 Å². The highest BCUT2D eigenvalue weighted by molar-refractivity contribution is 4.90. The highest BCUT2D eigenvalue weighted by Crippen LogP contribution is 2.49. The van der Waals surface area contributed by atoms with Crippen LogP contribution in [0.3, 0.4) is 0 Å². The molecule has 0 spiro atoms. The molecule has 3 fully saturated rings. The first-order chi connectivity index (χ1) is 6.42. The molecule has 1 N–H and O–H groups in total. The third-order valence-corrected chi connectivity index (χ3v) is 4.41. The maximum atomic E-state index is 3.64. The molecule has 3 atom stereocenters. The van der Waals surface area contributed by atoms with E-state index in [1.165, 1.54) is 25.8 Å². The first-order valence-electron chi connectivity index (χ1n) is 6.15. The van der Waals surface area contributed by atoms with Gasteiger partial charge in [-0.15, -0.1) is 0 Å². The fourth-order valence-corrected chi connectivity index (χ4v) is 3.49. The molecule has 3 rings (SSSR count). The molecule has 2 bridgehead atoms. The van der Waals surface area contributed by atoms with Crippen molar-refractivity contribution in [3.05, 3.63) is 0 Å². The van der Waals surface area contributed by atoms with E-state index in [0.29, 0.717) is 0 Å². The molecule has 74 valence electrons. The lowest BCUT2D eigenvalue weighted by molar-refractivity contribution is 0.310. The molecule has 1 heteroatoms. The molecule has 0 amide bonds. The van der Waals surface area contributed by atoms with Gasteiger partial charge in [0.05, 0.1) is 0 Å². The summed E-state index contributed by atoms with van der Waals surface area (Å²) in [5.74, 6) is 3.37. The molecule has 0 aromatic carbocycles. The molecule has 1 nitrogen and oxygen atoms in total. The Morgan fingerprint density at radius 1 is 1.00 bits per heavy atom. The van der Waals surface area contributed by atoms with Crippen molar-refractivity contribution < 1.29 is 0 Å². The van der Waals surface area contributed by atoms with Crippen LogP contribution in [0, 0.1) is 17.8 Å². The maximum Gasteiger partial charge on any atom is 0.00682 e. The minimum atomic E-state index is 0.915. The summed E-state index contributed by atoms with van der Waals surface area (Å²) in [6.45, 7) is 1.30. The number of hydrogen-bond donors (Lipinski definition) is 1. The van der Waals surface area contributed by atoms with Crippen LogP contribution in [-0.2, 0) is 0 Å². The molecular formula is C12H21N. The van der Waals surface area contributed by atoms with Crippen molar-refractivity contribution in [1.82, 2.24) is 5.32 Å². The molecular weight excluding hydrogens is 158 g/mol. The van der Waals surface area contributed by atoms with Crippen molar-refractivity contribution >= 4 is 0 Å². The van der Waals surface area contributed by atoms with Gasteiger partial charge in [0.1, 0.15) is 0 Å². The Labute approximate surface area is 81.3 Å². The van der Waals surface area contributed by atoms with Gasteiger partial charge in [0.15, 0.2) is 0 Å². The molecule has 0 heterocycles. The zero-order valence-electron chi connectivity index (χ0n) is 8.47. The number of fused-ring (bicyclic) bond motifs is 2. The maximum absolute atomic E-state index is 3.64. The number of nitrogens with one attached hydrogen (secondary N) is 1. The van der Waals surface area contributed by atoms with E-state index in [9.17, 15) is 0 Å². The Bertz CT molecular complexity index is 186. The number of hydrogen-bond acceptors (Lipinski definition) is 1. The summed E-state index contributed by atoms with van der Waals surface area (Å²) < 4.78 is 0. The molecule has 0 unspecified atom stereocenters. The van der Waals surface area contributed by atoms with E-state index in [4.69, 9.17) is 0 Å². The average molecular weight is 179 g/mol. The first kappa shape index (κ1) is 8.28. The predicted molar refractivity (Wildman–Crippen MR) is 54.6 cm³/mol. The predicted octanol–water partition coefficient (Wildman–Crippen LogP) is 2.56. The van der Waals surface area contributed by atoms with Gasteiger partial charge in [-0.2, -0.15) is 0 Å². The Morgan fingerprint density at radius 3 is 2.54 bits per heavy atom. The van der Waals surface area contributed by atoms with Gasteiger partial charge < -0.3 is 5.32 Å². The van der Waals surface area contributed by atoms with Gasteiger partial charge in [-0.25, -0.2) is 0 Å². The van der Waals surface area contributed by atoms with Gasteiger partial charge in [0.2, 0.25) is 0 Å². The molecule has 13 heavy (non-hydrogen) atoms.